The maximum absolute atomic E-state index is 12.8. The molecular weight excluding hydrogens is 454 g/mol. The van der Waals surface area contributed by atoms with Gasteiger partial charge in [0.2, 0.25) is 5.91 Å². The van der Waals surface area contributed by atoms with Crippen molar-refractivity contribution in [1.29, 1.82) is 0 Å². The van der Waals surface area contributed by atoms with Crippen molar-refractivity contribution in [3.05, 3.63) is 57.9 Å². The lowest BCUT2D eigenvalue weighted by atomic mass is 10.1. The van der Waals surface area contributed by atoms with Gasteiger partial charge in [-0.05, 0) is 31.2 Å². The number of carbonyl (C=O) groups is 2. The van der Waals surface area contributed by atoms with E-state index in [0.29, 0.717) is 16.6 Å². The highest BCUT2D eigenvalue weighted by molar-refractivity contribution is 9.10. The van der Waals surface area contributed by atoms with E-state index in [1.165, 1.54) is 18.3 Å². The standard InChI is InChI=1S/C21H18BrN3O3S/c1-12-19(14-7-9-15(22)10-8-14)23-21(29-12)24-20(27)18-11-25(13(2)26)16-5-3-4-6-17(16)28-18/h3-10,18H,11H2,1-2H3,(H,23,24,27). The van der Waals surface area contributed by atoms with Crippen molar-refractivity contribution in [1.82, 2.24) is 4.98 Å². The molecule has 148 valence electrons. The average Bonchev–Trinajstić information content (AvgIpc) is 3.07. The Balaban J connectivity index is 1.54. The predicted octanol–water partition coefficient (Wildman–Crippen LogP) is 4.63. The van der Waals surface area contributed by atoms with Crippen LogP contribution < -0.4 is 15.0 Å². The van der Waals surface area contributed by atoms with Gasteiger partial charge in [-0.25, -0.2) is 4.98 Å². The summed E-state index contributed by atoms with van der Waals surface area (Å²) in [5.74, 6) is 0.0444. The van der Waals surface area contributed by atoms with Crippen molar-refractivity contribution in [2.45, 2.75) is 20.0 Å². The topological polar surface area (TPSA) is 71.5 Å². The summed E-state index contributed by atoms with van der Waals surface area (Å²) in [6, 6.07) is 15.1. The third kappa shape index (κ3) is 4.04. The second-order valence-corrected chi connectivity index (χ2v) is 8.74. The first kappa shape index (κ1) is 19.6. The molecule has 1 N–H and O–H groups in total. The third-order valence-electron chi connectivity index (χ3n) is 4.59. The Morgan fingerprint density at radius 3 is 2.66 bits per heavy atom. The highest BCUT2D eigenvalue weighted by atomic mass is 79.9. The van der Waals surface area contributed by atoms with E-state index in [9.17, 15) is 9.59 Å². The summed E-state index contributed by atoms with van der Waals surface area (Å²) in [7, 11) is 0. The van der Waals surface area contributed by atoms with Gasteiger partial charge in [0.25, 0.3) is 5.91 Å². The maximum atomic E-state index is 12.8. The van der Waals surface area contributed by atoms with E-state index in [2.05, 4.69) is 26.2 Å². The number of carbonyl (C=O) groups excluding carboxylic acids is 2. The first-order valence-electron chi connectivity index (χ1n) is 9.00. The van der Waals surface area contributed by atoms with Gasteiger partial charge in [-0.3, -0.25) is 14.9 Å². The molecule has 0 fully saturated rings. The van der Waals surface area contributed by atoms with E-state index in [-0.39, 0.29) is 18.4 Å². The molecule has 29 heavy (non-hydrogen) atoms. The van der Waals surface area contributed by atoms with Gasteiger partial charge in [-0.1, -0.05) is 40.2 Å². The normalized spacial score (nSPS) is 15.4. The molecule has 0 bridgehead atoms. The van der Waals surface area contributed by atoms with Gasteiger partial charge in [-0.2, -0.15) is 0 Å². The van der Waals surface area contributed by atoms with Crippen LogP contribution in [0.1, 0.15) is 11.8 Å². The Morgan fingerprint density at radius 1 is 1.21 bits per heavy atom. The van der Waals surface area contributed by atoms with E-state index in [1.54, 1.807) is 17.0 Å². The van der Waals surface area contributed by atoms with Crippen molar-refractivity contribution >= 4 is 49.9 Å². The number of amides is 2. The zero-order valence-electron chi connectivity index (χ0n) is 15.8. The minimum atomic E-state index is -0.811. The first-order valence-corrected chi connectivity index (χ1v) is 10.6. The maximum Gasteiger partial charge on any atom is 0.269 e. The fraction of sp³-hybridized carbons (Fsp3) is 0.190. The van der Waals surface area contributed by atoms with Gasteiger partial charge >= 0.3 is 0 Å². The molecule has 4 rings (SSSR count). The number of anilines is 2. The van der Waals surface area contributed by atoms with Crippen molar-refractivity contribution in [2.24, 2.45) is 0 Å². The second kappa shape index (κ2) is 7.96. The molecule has 1 aliphatic rings. The van der Waals surface area contributed by atoms with Crippen molar-refractivity contribution < 1.29 is 14.3 Å². The van der Waals surface area contributed by atoms with Crippen LogP contribution in [-0.2, 0) is 9.59 Å². The number of fused-ring (bicyclic) bond motifs is 1. The van der Waals surface area contributed by atoms with Crippen LogP contribution >= 0.6 is 27.3 Å². The minimum Gasteiger partial charge on any atom is -0.476 e. The van der Waals surface area contributed by atoms with Crippen molar-refractivity contribution in [2.75, 3.05) is 16.8 Å². The molecule has 1 aliphatic heterocycles. The number of para-hydroxylation sites is 2. The van der Waals surface area contributed by atoms with Gasteiger partial charge < -0.3 is 9.64 Å². The lowest BCUT2D eigenvalue weighted by Crippen LogP contribution is -2.48. The lowest BCUT2D eigenvalue weighted by Gasteiger charge is -2.33. The van der Waals surface area contributed by atoms with Crippen molar-refractivity contribution in [3.63, 3.8) is 0 Å². The molecule has 1 atom stereocenters. The molecule has 3 aromatic rings. The SMILES string of the molecule is CC(=O)N1CC(C(=O)Nc2nc(-c3ccc(Br)cc3)c(C)s2)Oc2ccccc21. The quantitative estimate of drug-likeness (QED) is 0.604. The van der Waals surface area contributed by atoms with Gasteiger partial charge in [0.1, 0.15) is 5.75 Å². The minimum absolute atomic E-state index is 0.138. The molecule has 0 radical (unpaired) electrons. The summed E-state index contributed by atoms with van der Waals surface area (Å²) in [4.78, 5) is 32.0. The highest BCUT2D eigenvalue weighted by Crippen LogP contribution is 2.34. The molecule has 2 heterocycles. The summed E-state index contributed by atoms with van der Waals surface area (Å²) < 4.78 is 6.84. The summed E-state index contributed by atoms with van der Waals surface area (Å²) in [6.45, 7) is 3.60. The van der Waals surface area contributed by atoms with Gasteiger partial charge in [0, 0.05) is 21.8 Å². The molecule has 2 aromatic carbocycles. The number of hydrogen-bond donors (Lipinski definition) is 1. The Bertz CT molecular complexity index is 1080. The van der Waals surface area contributed by atoms with E-state index in [0.717, 1.165) is 20.6 Å². The number of nitrogens with zero attached hydrogens (tertiary/aromatic N) is 2. The van der Waals surface area contributed by atoms with E-state index < -0.39 is 6.10 Å². The molecule has 8 heteroatoms. The molecule has 1 aromatic heterocycles. The lowest BCUT2D eigenvalue weighted by molar-refractivity contribution is -0.123. The summed E-state index contributed by atoms with van der Waals surface area (Å²) in [5.41, 5.74) is 2.48. The number of aromatic nitrogens is 1. The molecule has 0 spiro atoms. The van der Waals surface area contributed by atoms with Crippen molar-refractivity contribution in [3.8, 4) is 17.0 Å². The Hall–Kier alpha value is -2.71. The van der Waals surface area contributed by atoms with Crippen LogP contribution in [0.25, 0.3) is 11.3 Å². The number of nitrogens with one attached hydrogen (secondary N) is 1. The predicted molar refractivity (Wildman–Crippen MR) is 118 cm³/mol. The number of aryl methyl sites for hydroxylation is 1. The van der Waals surface area contributed by atoms with E-state index in [1.807, 2.05) is 43.3 Å². The molecule has 0 aliphatic carbocycles. The molecule has 2 amide bonds. The zero-order valence-corrected chi connectivity index (χ0v) is 18.2. The summed E-state index contributed by atoms with van der Waals surface area (Å²) >= 11 is 4.84. The van der Waals surface area contributed by atoms with Crippen LogP contribution in [0.4, 0.5) is 10.8 Å². The van der Waals surface area contributed by atoms with Crippen LogP contribution in [0.15, 0.2) is 53.0 Å². The number of hydrogen-bond acceptors (Lipinski definition) is 5. The fourth-order valence-electron chi connectivity index (χ4n) is 3.18. The molecule has 6 nitrogen and oxygen atoms in total. The fourth-order valence-corrected chi connectivity index (χ4v) is 4.28. The molecule has 1 unspecified atom stereocenters. The number of thiazole rings is 1. The van der Waals surface area contributed by atoms with Crippen LogP contribution in [-0.4, -0.2) is 29.4 Å². The van der Waals surface area contributed by atoms with Crippen LogP contribution in [0.3, 0.4) is 0 Å². The van der Waals surface area contributed by atoms with Crippen LogP contribution in [0.2, 0.25) is 0 Å². The summed E-state index contributed by atoms with van der Waals surface area (Å²) in [6.07, 6.45) is -0.811. The zero-order chi connectivity index (χ0) is 20.5. The Morgan fingerprint density at radius 2 is 1.93 bits per heavy atom. The Kier molecular flexibility index (Phi) is 5.38. The number of halogens is 1. The third-order valence-corrected chi connectivity index (χ3v) is 6.01. The van der Waals surface area contributed by atoms with Gasteiger partial charge in [0.15, 0.2) is 11.2 Å². The monoisotopic (exact) mass is 471 g/mol. The number of ether oxygens (including phenoxy) is 1. The average molecular weight is 472 g/mol. The molecular formula is C21H18BrN3O3S. The van der Waals surface area contributed by atoms with Crippen LogP contribution in [0, 0.1) is 6.92 Å². The largest absolute Gasteiger partial charge is 0.476 e. The molecule has 0 saturated heterocycles. The first-order chi connectivity index (χ1) is 13.9. The smallest absolute Gasteiger partial charge is 0.269 e. The summed E-state index contributed by atoms with van der Waals surface area (Å²) in [5, 5.41) is 3.34. The van der Waals surface area contributed by atoms with Crippen LogP contribution in [0.5, 0.6) is 5.75 Å². The van der Waals surface area contributed by atoms with E-state index >= 15 is 0 Å². The Labute approximate surface area is 180 Å². The number of benzene rings is 2. The van der Waals surface area contributed by atoms with E-state index in [4.69, 9.17) is 4.74 Å². The van der Waals surface area contributed by atoms with Gasteiger partial charge in [-0.15, -0.1) is 11.3 Å². The highest BCUT2D eigenvalue weighted by Gasteiger charge is 2.33. The van der Waals surface area contributed by atoms with Gasteiger partial charge in [0.05, 0.1) is 17.9 Å². The number of rotatable bonds is 3. The molecule has 0 saturated carbocycles. The second-order valence-electron chi connectivity index (χ2n) is 6.62.